The Morgan fingerprint density at radius 1 is 1.27 bits per heavy atom. The quantitative estimate of drug-likeness (QED) is 0.783. The maximum atomic E-state index is 11.4. The molecule has 0 aromatic heterocycles. The highest BCUT2D eigenvalue weighted by Gasteiger charge is 2.12. The highest BCUT2D eigenvalue weighted by molar-refractivity contribution is 7.90. The van der Waals surface area contributed by atoms with E-state index < -0.39 is 9.84 Å². The lowest BCUT2D eigenvalue weighted by Gasteiger charge is -2.06. The Hall–Kier alpha value is -1.16. The Balaban J connectivity index is 3.02. The number of Topliss-reactive ketones (excluding diaryl/α,β-unsaturated/α-hetero) is 1. The van der Waals surface area contributed by atoms with E-state index in [4.69, 9.17) is 0 Å². The lowest BCUT2D eigenvalue weighted by atomic mass is 10.1. The summed E-state index contributed by atoms with van der Waals surface area (Å²) in [5.74, 6) is 0.0679. The zero-order valence-electron chi connectivity index (χ0n) is 8.86. The fraction of sp³-hybridized carbons (Fsp3) is 0.364. The van der Waals surface area contributed by atoms with Crippen LogP contribution in [-0.4, -0.2) is 20.5 Å². The van der Waals surface area contributed by atoms with Crippen molar-refractivity contribution in [1.29, 1.82) is 0 Å². The molecule has 0 unspecified atom stereocenters. The highest BCUT2D eigenvalue weighted by Crippen LogP contribution is 2.16. The molecule has 0 saturated heterocycles. The number of aryl methyl sites for hydroxylation is 1. The summed E-state index contributed by atoms with van der Waals surface area (Å²) < 4.78 is 22.8. The van der Waals surface area contributed by atoms with Gasteiger partial charge in [0.2, 0.25) is 0 Å². The molecular formula is C11H14O3S. The third kappa shape index (κ3) is 3.47. The van der Waals surface area contributed by atoms with Gasteiger partial charge in [-0.3, -0.25) is 0 Å². The van der Waals surface area contributed by atoms with E-state index in [1.807, 2.05) is 0 Å². The van der Waals surface area contributed by atoms with Crippen molar-refractivity contribution in [2.75, 3.05) is 6.26 Å². The van der Waals surface area contributed by atoms with E-state index >= 15 is 0 Å². The summed E-state index contributed by atoms with van der Waals surface area (Å²) in [4.78, 5) is 11.2. The molecule has 82 valence electrons. The van der Waals surface area contributed by atoms with E-state index in [2.05, 4.69) is 0 Å². The minimum atomic E-state index is -3.19. The van der Waals surface area contributed by atoms with Gasteiger partial charge in [-0.1, -0.05) is 18.2 Å². The first-order valence-corrected chi connectivity index (χ1v) is 6.58. The third-order valence-electron chi connectivity index (χ3n) is 2.12. The molecule has 0 N–H and O–H groups in total. The Kier molecular flexibility index (Phi) is 3.63. The summed E-state index contributed by atoms with van der Waals surface area (Å²) in [5, 5.41) is 0. The van der Waals surface area contributed by atoms with Crippen molar-refractivity contribution in [2.45, 2.75) is 24.7 Å². The second-order valence-electron chi connectivity index (χ2n) is 3.58. The Morgan fingerprint density at radius 2 is 1.87 bits per heavy atom. The van der Waals surface area contributed by atoms with E-state index in [9.17, 15) is 13.2 Å². The van der Waals surface area contributed by atoms with Crippen LogP contribution < -0.4 is 0 Å². The molecule has 0 aliphatic rings. The van der Waals surface area contributed by atoms with Crippen molar-refractivity contribution in [1.82, 2.24) is 0 Å². The molecule has 0 amide bonds. The number of hydrogen-bond acceptors (Lipinski definition) is 3. The molecule has 0 heterocycles. The van der Waals surface area contributed by atoms with Gasteiger partial charge in [-0.05, 0) is 25.0 Å². The van der Waals surface area contributed by atoms with Crippen LogP contribution in [0.5, 0.6) is 0 Å². The standard InChI is InChI=1S/C11H14O3S/c1-9(12)7-8-10-5-3-4-6-11(10)15(2,13)14/h3-6H,7-8H2,1-2H3. The maximum Gasteiger partial charge on any atom is 0.175 e. The molecular weight excluding hydrogens is 212 g/mol. The lowest BCUT2D eigenvalue weighted by Crippen LogP contribution is -2.03. The number of sulfone groups is 1. The van der Waals surface area contributed by atoms with E-state index in [1.54, 1.807) is 24.3 Å². The highest BCUT2D eigenvalue weighted by atomic mass is 32.2. The van der Waals surface area contributed by atoms with Gasteiger partial charge in [0.15, 0.2) is 9.84 Å². The zero-order valence-corrected chi connectivity index (χ0v) is 9.67. The third-order valence-corrected chi connectivity index (χ3v) is 3.32. The van der Waals surface area contributed by atoms with Crippen molar-refractivity contribution in [2.24, 2.45) is 0 Å². The molecule has 1 aromatic rings. The first-order chi connectivity index (χ1) is 6.91. The predicted molar refractivity (Wildman–Crippen MR) is 58.6 cm³/mol. The molecule has 1 rings (SSSR count). The fourth-order valence-electron chi connectivity index (χ4n) is 1.38. The number of ketones is 1. The molecule has 0 aliphatic carbocycles. The smallest absolute Gasteiger partial charge is 0.175 e. The molecule has 0 spiro atoms. The normalized spacial score (nSPS) is 11.3. The van der Waals surface area contributed by atoms with Gasteiger partial charge in [0.25, 0.3) is 0 Å². The van der Waals surface area contributed by atoms with Gasteiger partial charge in [0, 0.05) is 12.7 Å². The molecule has 0 fully saturated rings. The van der Waals surface area contributed by atoms with Gasteiger partial charge < -0.3 is 4.79 Å². The molecule has 0 aliphatic heterocycles. The van der Waals surface area contributed by atoms with Gasteiger partial charge in [0.1, 0.15) is 5.78 Å². The molecule has 4 heteroatoms. The van der Waals surface area contributed by atoms with Gasteiger partial charge in [-0.25, -0.2) is 8.42 Å². The zero-order chi connectivity index (χ0) is 11.5. The van der Waals surface area contributed by atoms with E-state index in [1.165, 1.54) is 13.2 Å². The SMILES string of the molecule is CC(=O)CCc1ccccc1S(C)(=O)=O. The Morgan fingerprint density at radius 3 is 2.40 bits per heavy atom. The largest absolute Gasteiger partial charge is 0.300 e. The van der Waals surface area contributed by atoms with Crippen LogP contribution in [0.25, 0.3) is 0 Å². The van der Waals surface area contributed by atoms with Crippen LogP contribution in [0, 0.1) is 0 Å². The van der Waals surface area contributed by atoms with Gasteiger partial charge in [-0.15, -0.1) is 0 Å². The van der Waals surface area contributed by atoms with Crippen molar-refractivity contribution in [3.05, 3.63) is 29.8 Å². The lowest BCUT2D eigenvalue weighted by molar-refractivity contribution is -0.116. The molecule has 3 nitrogen and oxygen atoms in total. The van der Waals surface area contributed by atoms with Crippen molar-refractivity contribution >= 4 is 15.6 Å². The second-order valence-corrected chi connectivity index (χ2v) is 5.57. The first-order valence-electron chi connectivity index (χ1n) is 4.68. The topological polar surface area (TPSA) is 51.2 Å². The minimum absolute atomic E-state index is 0.0679. The van der Waals surface area contributed by atoms with Crippen molar-refractivity contribution < 1.29 is 13.2 Å². The minimum Gasteiger partial charge on any atom is -0.300 e. The summed E-state index contributed by atoms with van der Waals surface area (Å²) in [7, 11) is -3.19. The van der Waals surface area contributed by atoms with Crippen LogP contribution in [0.2, 0.25) is 0 Å². The molecule has 1 aromatic carbocycles. The summed E-state index contributed by atoms with van der Waals surface area (Å²) in [6.45, 7) is 1.50. The molecule has 0 bridgehead atoms. The molecule has 0 radical (unpaired) electrons. The van der Waals surface area contributed by atoms with E-state index in [0.29, 0.717) is 17.7 Å². The van der Waals surface area contributed by atoms with Crippen LogP contribution in [0.3, 0.4) is 0 Å². The van der Waals surface area contributed by atoms with Crippen LogP contribution in [0.4, 0.5) is 0 Å². The van der Waals surface area contributed by atoms with Gasteiger partial charge in [-0.2, -0.15) is 0 Å². The van der Waals surface area contributed by atoms with Gasteiger partial charge >= 0.3 is 0 Å². The Labute approximate surface area is 90.0 Å². The number of carbonyl (C=O) groups is 1. The summed E-state index contributed by atoms with van der Waals surface area (Å²) in [6.07, 6.45) is 2.05. The monoisotopic (exact) mass is 226 g/mol. The summed E-state index contributed by atoms with van der Waals surface area (Å²) in [6, 6.07) is 6.79. The van der Waals surface area contributed by atoms with Crippen molar-refractivity contribution in [3.63, 3.8) is 0 Å². The Bertz CT molecular complexity index is 460. The van der Waals surface area contributed by atoms with Crippen LogP contribution in [-0.2, 0) is 21.1 Å². The average molecular weight is 226 g/mol. The molecule has 15 heavy (non-hydrogen) atoms. The number of rotatable bonds is 4. The van der Waals surface area contributed by atoms with E-state index in [-0.39, 0.29) is 5.78 Å². The number of benzene rings is 1. The summed E-state index contributed by atoms with van der Waals surface area (Å²) in [5.41, 5.74) is 0.718. The predicted octanol–water partition coefficient (Wildman–Crippen LogP) is 1.61. The van der Waals surface area contributed by atoms with Crippen LogP contribution in [0.1, 0.15) is 18.9 Å². The number of hydrogen-bond donors (Lipinski definition) is 0. The number of carbonyl (C=O) groups excluding carboxylic acids is 1. The first kappa shape index (κ1) is 11.9. The van der Waals surface area contributed by atoms with E-state index in [0.717, 1.165) is 5.56 Å². The van der Waals surface area contributed by atoms with Gasteiger partial charge in [0.05, 0.1) is 4.90 Å². The maximum absolute atomic E-state index is 11.4. The molecule has 0 atom stereocenters. The molecule has 0 saturated carbocycles. The average Bonchev–Trinajstić information content (AvgIpc) is 2.13. The van der Waals surface area contributed by atoms with Crippen LogP contribution in [0.15, 0.2) is 29.2 Å². The fourth-order valence-corrected chi connectivity index (χ4v) is 2.35. The van der Waals surface area contributed by atoms with Crippen LogP contribution >= 0.6 is 0 Å². The van der Waals surface area contributed by atoms with Crippen molar-refractivity contribution in [3.8, 4) is 0 Å². The second kappa shape index (κ2) is 4.57. The summed E-state index contributed by atoms with van der Waals surface area (Å²) >= 11 is 0.